The predicted molar refractivity (Wildman–Crippen MR) is 261 cm³/mol. The fourth-order valence-corrected chi connectivity index (χ4v) is 11.4. The number of hydrogen-bond donors (Lipinski definition) is 0. The first-order chi connectivity index (χ1) is 31.6. The minimum Gasteiger partial charge on any atom is -0.456 e. The van der Waals surface area contributed by atoms with E-state index in [4.69, 9.17) is 19.4 Å². The highest BCUT2D eigenvalue weighted by atomic mass is 16.3. The molecule has 2 aliphatic rings. The zero-order valence-electron chi connectivity index (χ0n) is 34.6. The molecule has 0 fully saturated rings. The van der Waals surface area contributed by atoms with Crippen molar-refractivity contribution < 1.29 is 4.42 Å². The Morgan fingerprint density at radius 1 is 0.406 bits per heavy atom. The maximum absolute atomic E-state index is 6.47. The summed E-state index contributed by atoms with van der Waals surface area (Å²) in [6.45, 7) is 2.41. The monoisotopic (exact) mass is 814 g/mol. The van der Waals surface area contributed by atoms with Crippen molar-refractivity contribution in [3.8, 4) is 51.0 Å². The van der Waals surface area contributed by atoms with E-state index in [2.05, 4.69) is 187 Å². The second kappa shape index (κ2) is 12.2. The highest BCUT2D eigenvalue weighted by molar-refractivity contribution is 6.17. The van der Waals surface area contributed by atoms with Crippen LogP contribution >= 0.6 is 0 Å². The van der Waals surface area contributed by atoms with Gasteiger partial charge in [0.1, 0.15) is 11.2 Å². The lowest BCUT2D eigenvalue weighted by atomic mass is 9.71. The molecule has 0 saturated heterocycles. The van der Waals surface area contributed by atoms with Gasteiger partial charge >= 0.3 is 0 Å². The van der Waals surface area contributed by atoms with E-state index < -0.39 is 5.41 Å². The predicted octanol–water partition coefficient (Wildman–Crippen LogP) is 15.0. The molecule has 13 aromatic rings. The Labute approximate surface area is 366 Å². The first-order valence-corrected chi connectivity index (χ1v) is 21.9. The fourth-order valence-electron chi connectivity index (χ4n) is 11.4. The van der Waals surface area contributed by atoms with Crippen LogP contribution in [0.1, 0.15) is 23.6 Å². The van der Waals surface area contributed by atoms with E-state index in [1.165, 1.54) is 43.8 Å². The Hall–Kier alpha value is -8.41. The van der Waals surface area contributed by atoms with Crippen LogP contribution in [0.3, 0.4) is 0 Å². The Morgan fingerprint density at radius 3 is 1.94 bits per heavy atom. The lowest BCUT2D eigenvalue weighted by Crippen LogP contribution is -2.24. The van der Waals surface area contributed by atoms with Crippen molar-refractivity contribution in [2.75, 3.05) is 0 Å². The van der Waals surface area contributed by atoms with Gasteiger partial charge in [-0.25, -0.2) is 4.98 Å². The molecule has 0 saturated carbocycles. The Morgan fingerprint density at radius 2 is 1.08 bits per heavy atom. The van der Waals surface area contributed by atoms with E-state index in [9.17, 15) is 0 Å². The van der Waals surface area contributed by atoms with Crippen molar-refractivity contribution in [3.63, 3.8) is 0 Å². The zero-order valence-corrected chi connectivity index (χ0v) is 34.6. The van der Waals surface area contributed by atoms with E-state index in [0.717, 1.165) is 82.3 Å². The molecular weight excluding hydrogens is 781 g/mol. The van der Waals surface area contributed by atoms with Crippen molar-refractivity contribution in [1.82, 2.24) is 19.5 Å². The molecule has 0 amide bonds. The SMILES string of the molecule is CC12c3cc4ccccc4cc3-c3nc(-c4ccc5c(c4)oc4ccccc45)nc(n3)-n3c4cc5ccccc5cc4c4cccc(c43)-c3ccc(c1c3)-c1c2ccc2ccccc12. The summed E-state index contributed by atoms with van der Waals surface area (Å²) in [6.07, 6.45) is 0. The topological polar surface area (TPSA) is 56.7 Å². The number of nitrogens with zero attached hydrogens (tertiary/aromatic N) is 4. The highest BCUT2D eigenvalue weighted by Gasteiger charge is 2.44. The van der Waals surface area contributed by atoms with Crippen LogP contribution in [0.2, 0.25) is 0 Å². The molecule has 1 aliphatic carbocycles. The molecule has 64 heavy (non-hydrogen) atoms. The summed E-state index contributed by atoms with van der Waals surface area (Å²) < 4.78 is 8.76. The molecule has 0 spiro atoms. The van der Waals surface area contributed by atoms with Gasteiger partial charge in [-0.1, -0.05) is 140 Å². The average molecular weight is 815 g/mol. The summed E-state index contributed by atoms with van der Waals surface area (Å²) in [5, 5.41) is 11.6. The van der Waals surface area contributed by atoms with Crippen LogP contribution in [0, 0.1) is 0 Å². The second-order valence-corrected chi connectivity index (χ2v) is 17.7. The van der Waals surface area contributed by atoms with Crippen LogP contribution in [0.4, 0.5) is 0 Å². The van der Waals surface area contributed by atoms with E-state index in [1.54, 1.807) is 0 Å². The smallest absolute Gasteiger partial charge is 0.238 e. The highest BCUT2D eigenvalue weighted by Crippen LogP contribution is 2.57. The van der Waals surface area contributed by atoms with Crippen LogP contribution < -0.4 is 0 Å². The molecule has 1 aliphatic heterocycles. The van der Waals surface area contributed by atoms with Gasteiger partial charge < -0.3 is 4.42 Å². The van der Waals surface area contributed by atoms with Crippen molar-refractivity contribution >= 4 is 76.1 Å². The van der Waals surface area contributed by atoms with Gasteiger partial charge in [0.25, 0.3) is 0 Å². The molecule has 1 atom stereocenters. The molecular formula is C59H34N4O. The minimum atomic E-state index is -0.582. The number of aromatic nitrogens is 4. The van der Waals surface area contributed by atoms with Gasteiger partial charge in [0, 0.05) is 43.7 Å². The van der Waals surface area contributed by atoms with Crippen molar-refractivity contribution in [2.45, 2.75) is 12.3 Å². The fraction of sp³-hybridized carbons (Fsp3) is 0.0339. The summed E-state index contributed by atoms with van der Waals surface area (Å²) in [6, 6.07) is 68.5. The third kappa shape index (κ3) is 4.45. The molecule has 296 valence electrons. The van der Waals surface area contributed by atoms with Gasteiger partial charge in [-0.05, 0) is 121 Å². The summed E-state index contributed by atoms with van der Waals surface area (Å²) in [5.74, 6) is 1.76. The molecule has 5 heteroatoms. The lowest BCUT2D eigenvalue weighted by Gasteiger charge is -2.31. The number of para-hydroxylation sites is 2. The Kier molecular flexibility index (Phi) is 6.49. The normalized spacial score (nSPS) is 15.0. The molecule has 4 heterocycles. The van der Waals surface area contributed by atoms with Gasteiger partial charge in [-0.2, -0.15) is 9.97 Å². The zero-order chi connectivity index (χ0) is 41.8. The van der Waals surface area contributed by atoms with Crippen molar-refractivity contribution in [2.24, 2.45) is 0 Å². The summed E-state index contributed by atoms with van der Waals surface area (Å²) in [4.78, 5) is 16.7. The van der Waals surface area contributed by atoms with Gasteiger partial charge in [0.05, 0.1) is 11.0 Å². The first-order valence-electron chi connectivity index (χ1n) is 21.9. The third-order valence-electron chi connectivity index (χ3n) is 14.4. The number of benzene rings is 10. The molecule has 4 bridgehead atoms. The van der Waals surface area contributed by atoms with Crippen molar-refractivity contribution in [1.29, 1.82) is 0 Å². The number of rotatable bonds is 1. The largest absolute Gasteiger partial charge is 0.456 e. The molecule has 10 aromatic carbocycles. The number of fused-ring (bicyclic) bond motifs is 21. The van der Waals surface area contributed by atoms with Crippen LogP contribution in [-0.2, 0) is 5.41 Å². The number of furan rings is 1. The molecule has 5 nitrogen and oxygen atoms in total. The van der Waals surface area contributed by atoms with E-state index >= 15 is 0 Å². The minimum absolute atomic E-state index is 0.562. The molecule has 0 radical (unpaired) electrons. The van der Waals surface area contributed by atoms with E-state index in [-0.39, 0.29) is 0 Å². The number of hydrogen-bond acceptors (Lipinski definition) is 4. The van der Waals surface area contributed by atoms with Gasteiger partial charge in [-0.15, -0.1) is 0 Å². The van der Waals surface area contributed by atoms with Gasteiger partial charge in [0.15, 0.2) is 11.6 Å². The summed E-state index contributed by atoms with van der Waals surface area (Å²) in [7, 11) is 0. The van der Waals surface area contributed by atoms with Gasteiger partial charge in [-0.3, -0.25) is 4.57 Å². The quantitative estimate of drug-likeness (QED) is 0.166. The summed E-state index contributed by atoms with van der Waals surface area (Å²) in [5.41, 5.74) is 13.5. The second-order valence-electron chi connectivity index (χ2n) is 17.7. The average Bonchev–Trinajstić information content (AvgIpc) is 3.97. The molecule has 0 N–H and O–H groups in total. The van der Waals surface area contributed by atoms with Crippen LogP contribution in [-0.4, -0.2) is 19.5 Å². The Balaban J connectivity index is 1.14. The van der Waals surface area contributed by atoms with Crippen LogP contribution in [0.25, 0.3) is 127 Å². The Bertz CT molecular complexity index is 4230. The van der Waals surface area contributed by atoms with Gasteiger partial charge in [0.2, 0.25) is 5.95 Å². The van der Waals surface area contributed by atoms with Crippen molar-refractivity contribution in [3.05, 3.63) is 205 Å². The van der Waals surface area contributed by atoms with E-state index in [0.29, 0.717) is 17.6 Å². The maximum Gasteiger partial charge on any atom is 0.238 e. The van der Waals surface area contributed by atoms with Crippen LogP contribution in [0.5, 0.6) is 0 Å². The molecule has 1 unspecified atom stereocenters. The molecule has 15 rings (SSSR count). The third-order valence-corrected chi connectivity index (χ3v) is 14.4. The van der Waals surface area contributed by atoms with Crippen LogP contribution in [0.15, 0.2) is 192 Å². The van der Waals surface area contributed by atoms with E-state index in [1.807, 2.05) is 12.1 Å². The lowest BCUT2D eigenvalue weighted by molar-refractivity contribution is 0.669. The standard InChI is InChI=1S/C59H34N4O/c1-59-48-26-23-33-11-6-7-16-40(33)54(48)45-25-21-38(30-49(45)59)41-18-10-19-44-46-27-34-12-3-5-15-37(34)31-51(46)63(55(41)44)58-61-56(39-22-24-43-42-17-8-9-20-52(42)64-53(43)32-39)60-57(62-58)47-28-35-13-2-4-14-36(35)29-50(47)59/h2-32H,1H3. The molecule has 3 aromatic heterocycles. The first kappa shape index (κ1) is 34.2. The maximum atomic E-state index is 6.47. The summed E-state index contributed by atoms with van der Waals surface area (Å²) >= 11 is 0.